The van der Waals surface area contributed by atoms with Crippen LogP contribution >= 0.6 is 0 Å². The monoisotopic (exact) mass is 355 g/mol. The maximum absolute atomic E-state index is 11.8. The first-order valence-corrected chi connectivity index (χ1v) is 9.56. The van der Waals surface area contributed by atoms with Crippen molar-refractivity contribution in [1.29, 1.82) is 0 Å². The zero-order valence-corrected chi connectivity index (χ0v) is 15.5. The summed E-state index contributed by atoms with van der Waals surface area (Å²) >= 11 is 0. The van der Waals surface area contributed by atoms with Gasteiger partial charge in [-0.25, -0.2) is 0 Å². The summed E-state index contributed by atoms with van der Waals surface area (Å²) in [5.74, 6) is 0. The molecule has 1 aromatic heterocycles. The number of aromatic amines is 1. The first-order valence-electron chi connectivity index (χ1n) is 9.56. The van der Waals surface area contributed by atoms with Crippen molar-refractivity contribution < 1.29 is 5.11 Å². The Morgan fingerprint density at radius 1 is 1.15 bits per heavy atom. The Morgan fingerprint density at radius 3 is 2.62 bits per heavy atom. The molecular weight excluding hydrogens is 326 g/mol. The van der Waals surface area contributed by atoms with Crippen LogP contribution in [0.1, 0.15) is 17.5 Å². The molecule has 0 radical (unpaired) electrons. The van der Waals surface area contributed by atoms with Crippen LogP contribution in [0.4, 0.5) is 0 Å². The van der Waals surface area contributed by atoms with Crippen LogP contribution in [0.5, 0.6) is 0 Å². The van der Waals surface area contributed by atoms with Crippen molar-refractivity contribution in [2.24, 2.45) is 0 Å². The van der Waals surface area contributed by atoms with Crippen molar-refractivity contribution >= 4 is 0 Å². The number of H-pyrrole nitrogens is 1. The van der Waals surface area contributed by atoms with E-state index >= 15 is 0 Å². The molecule has 2 aromatic rings. The highest BCUT2D eigenvalue weighted by molar-refractivity contribution is 5.26. The Kier molecular flexibility index (Phi) is 5.09. The summed E-state index contributed by atoms with van der Waals surface area (Å²) in [6.45, 7) is 6.78. The van der Waals surface area contributed by atoms with E-state index in [1.165, 1.54) is 5.56 Å². The van der Waals surface area contributed by atoms with Gasteiger partial charge in [0.25, 0.3) is 0 Å². The molecule has 0 aliphatic carbocycles. The maximum Gasteiger partial charge on any atom is 0.108 e. The molecule has 4 rings (SSSR count). The predicted octanol–water partition coefficient (Wildman–Crippen LogP) is 1.12. The molecule has 0 spiro atoms. The van der Waals surface area contributed by atoms with Gasteiger partial charge in [0.2, 0.25) is 0 Å². The molecule has 140 valence electrons. The number of hydrogen-bond donors (Lipinski definition) is 2. The molecule has 2 N–H and O–H groups in total. The largest absolute Gasteiger partial charge is 0.383 e. The third-order valence-corrected chi connectivity index (χ3v) is 6.00. The van der Waals surface area contributed by atoms with E-state index in [0.29, 0.717) is 0 Å². The number of piperazine rings is 1. The molecular formula is C20H29N5O. The van der Waals surface area contributed by atoms with Gasteiger partial charge in [0.1, 0.15) is 5.60 Å². The summed E-state index contributed by atoms with van der Waals surface area (Å²) in [4.78, 5) is 7.31. The second-order valence-corrected chi connectivity index (χ2v) is 7.74. The van der Waals surface area contributed by atoms with Crippen LogP contribution in [0.15, 0.2) is 42.7 Å². The third-order valence-electron chi connectivity index (χ3n) is 6.00. The van der Waals surface area contributed by atoms with E-state index in [0.717, 1.165) is 57.8 Å². The van der Waals surface area contributed by atoms with E-state index in [2.05, 4.69) is 44.1 Å². The summed E-state index contributed by atoms with van der Waals surface area (Å²) in [5, 5.41) is 18.7. The van der Waals surface area contributed by atoms with E-state index in [1.54, 1.807) is 0 Å². The second-order valence-electron chi connectivity index (χ2n) is 7.74. The minimum Gasteiger partial charge on any atom is -0.383 e. The first kappa shape index (κ1) is 17.7. The molecule has 2 fully saturated rings. The van der Waals surface area contributed by atoms with Gasteiger partial charge >= 0.3 is 0 Å². The summed E-state index contributed by atoms with van der Waals surface area (Å²) in [7, 11) is 2.17. The Balaban J connectivity index is 1.57. The van der Waals surface area contributed by atoms with Crippen LogP contribution in [-0.4, -0.2) is 82.4 Å². The maximum atomic E-state index is 11.8. The number of piperidine rings is 1. The molecule has 6 heteroatoms. The van der Waals surface area contributed by atoms with E-state index in [9.17, 15) is 5.11 Å². The van der Waals surface area contributed by atoms with Gasteiger partial charge < -0.3 is 10.0 Å². The van der Waals surface area contributed by atoms with Crippen molar-refractivity contribution in [2.75, 3.05) is 46.3 Å². The molecule has 2 saturated heterocycles. The lowest BCUT2D eigenvalue weighted by atomic mass is 9.79. The summed E-state index contributed by atoms with van der Waals surface area (Å²) in [6.07, 6.45) is 4.61. The number of aromatic nitrogens is 2. The summed E-state index contributed by atoms with van der Waals surface area (Å²) < 4.78 is 0. The SMILES string of the molecule is CN1CCN([C@@H]2CN(Cc3cn[nH]c3)CC[C@]2(O)c2ccccc2)CC1. The van der Waals surface area contributed by atoms with Gasteiger partial charge in [-0.2, -0.15) is 5.10 Å². The van der Waals surface area contributed by atoms with Gasteiger partial charge in [0, 0.05) is 57.6 Å². The van der Waals surface area contributed by atoms with Crippen LogP contribution in [-0.2, 0) is 12.1 Å². The Hall–Kier alpha value is -1.73. The highest BCUT2D eigenvalue weighted by Gasteiger charge is 2.46. The lowest BCUT2D eigenvalue weighted by Crippen LogP contribution is -2.63. The molecule has 0 bridgehead atoms. The summed E-state index contributed by atoms with van der Waals surface area (Å²) in [5.41, 5.74) is 1.46. The number of likely N-dealkylation sites (tertiary alicyclic amines) is 1. The zero-order valence-electron chi connectivity index (χ0n) is 15.5. The minimum atomic E-state index is -0.788. The van der Waals surface area contributed by atoms with Gasteiger partial charge in [-0.15, -0.1) is 0 Å². The average Bonchev–Trinajstić information content (AvgIpc) is 3.18. The van der Waals surface area contributed by atoms with Gasteiger partial charge in [0.15, 0.2) is 0 Å². The Morgan fingerprint density at radius 2 is 1.92 bits per heavy atom. The smallest absolute Gasteiger partial charge is 0.108 e. The van der Waals surface area contributed by atoms with E-state index < -0.39 is 5.60 Å². The third kappa shape index (κ3) is 3.55. The highest BCUT2D eigenvalue weighted by atomic mass is 16.3. The minimum absolute atomic E-state index is 0.110. The van der Waals surface area contributed by atoms with Crippen LogP contribution in [0.25, 0.3) is 0 Å². The van der Waals surface area contributed by atoms with E-state index in [4.69, 9.17) is 0 Å². The molecule has 6 nitrogen and oxygen atoms in total. The second kappa shape index (κ2) is 7.48. The van der Waals surface area contributed by atoms with Crippen LogP contribution < -0.4 is 0 Å². The average molecular weight is 355 g/mol. The van der Waals surface area contributed by atoms with Gasteiger partial charge in [0.05, 0.1) is 12.2 Å². The van der Waals surface area contributed by atoms with Crippen molar-refractivity contribution in [3.63, 3.8) is 0 Å². The fraction of sp³-hybridized carbons (Fsp3) is 0.550. The number of benzene rings is 1. The standard InChI is InChI=1S/C20H29N5O/c1-23-9-11-25(12-10-23)19-16-24(15-17-13-21-22-14-17)8-7-20(19,26)18-5-3-2-4-6-18/h2-6,13-14,19,26H,7-12,15-16H2,1H3,(H,21,22)/t19-,20+/m1/s1. The zero-order chi connectivity index (χ0) is 18.0. The number of nitrogens with zero attached hydrogens (tertiary/aromatic N) is 4. The summed E-state index contributed by atoms with van der Waals surface area (Å²) in [6, 6.07) is 10.4. The quantitative estimate of drug-likeness (QED) is 0.861. The molecule has 0 amide bonds. The normalized spacial score (nSPS) is 29.1. The van der Waals surface area contributed by atoms with E-state index in [1.807, 2.05) is 30.6 Å². The lowest BCUT2D eigenvalue weighted by Gasteiger charge is -2.51. The number of hydrogen-bond acceptors (Lipinski definition) is 5. The molecule has 3 heterocycles. The molecule has 26 heavy (non-hydrogen) atoms. The van der Waals surface area contributed by atoms with Crippen molar-refractivity contribution in [1.82, 2.24) is 24.9 Å². The number of rotatable bonds is 4. The number of likely N-dealkylation sites (N-methyl/N-ethyl adjacent to an activating group) is 1. The fourth-order valence-electron chi connectivity index (χ4n) is 4.36. The van der Waals surface area contributed by atoms with E-state index in [-0.39, 0.29) is 6.04 Å². The van der Waals surface area contributed by atoms with Crippen LogP contribution in [0, 0.1) is 0 Å². The number of nitrogens with one attached hydrogen (secondary N) is 1. The van der Waals surface area contributed by atoms with Crippen molar-refractivity contribution in [2.45, 2.75) is 24.6 Å². The van der Waals surface area contributed by atoms with Crippen LogP contribution in [0.3, 0.4) is 0 Å². The Labute approximate surface area is 155 Å². The molecule has 2 atom stereocenters. The van der Waals surface area contributed by atoms with Gasteiger partial charge in [-0.05, 0) is 19.0 Å². The fourth-order valence-corrected chi connectivity index (χ4v) is 4.36. The van der Waals surface area contributed by atoms with Gasteiger partial charge in [-0.1, -0.05) is 30.3 Å². The molecule has 2 aliphatic rings. The highest BCUT2D eigenvalue weighted by Crippen LogP contribution is 2.36. The lowest BCUT2D eigenvalue weighted by molar-refractivity contribution is -0.108. The first-order chi connectivity index (χ1) is 12.6. The van der Waals surface area contributed by atoms with Gasteiger partial charge in [-0.3, -0.25) is 14.9 Å². The molecule has 0 saturated carbocycles. The molecule has 1 aromatic carbocycles. The predicted molar refractivity (Wildman–Crippen MR) is 102 cm³/mol. The molecule has 2 aliphatic heterocycles. The Bertz CT molecular complexity index is 683. The van der Waals surface area contributed by atoms with Crippen LogP contribution in [0.2, 0.25) is 0 Å². The topological polar surface area (TPSA) is 58.6 Å². The van der Waals surface area contributed by atoms with Crippen molar-refractivity contribution in [3.8, 4) is 0 Å². The number of aliphatic hydroxyl groups is 1. The van der Waals surface area contributed by atoms with Crippen molar-refractivity contribution in [3.05, 3.63) is 53.9 Å². The molecule has 0 unspecified atom stereocenters.